The fourth-order valence-corrected chi connectivity index (χ4v) is 6.66. The van der Waals surface area contributed by atoms with Crippen molar-refractivity contribution in [2.45, 2.75) is 212 Å². The summed E-state index contributed by atoms with van der Waals surface area (Å²) in [5.74, 6) is -0.926. The molecule has 0 aromatic heterocycles. The third-order valence-electron chi connectivity index (χ3n) is 9.17. The Balaban J connectivity index is 4.27. The molecule has 1 unspecified atom stereocenters. The molecule has 3 atom stereocenters. The minimum atomic E-state index is -4.61. The molecule has 308 valence electrons. The maximum atomic E-state index is 12.6. The molecule has 10 nitrogen and oxygen atoms in total. The summed E-state index contributed by atoms with van der Waals surface area (Å²) in [7, 11) is -4.61. The molecule has 0 fully saturated rings. The van der Waals surface area contributed by atoms with Crippen molar-refractivity contribution in [2.75, 3.05) is 26.4 Å². The summed E-state index contributed by atoms with van der Waals surface area (Å²) in [6.45, 7) is 2.36. The molecule has 0 radical (unpaired) electrons. The number of aliphatic hydroxyl groups excluding tert-OH is 2. The SMILES string of the molecule is CCCCC/C=C\CCCCCCCC(=O)OC[C@H](COP(=O)(O)OC[C@@H](O)CO)OC(=O)CCCCCCCCCCCCCCCCCCC. The van der Waals surface area contributed by atoms with Crippen molar-refractivity contribution in [1.29, 1.82) is 0 Å². The summed E-state index contributed by atoms with van der Waals surface area (Å²) in [4.78, 5) is 34.9. The van der Waals surface area contributed by atoms with E-state index in [0.717, 1.165) is 57.8 Å². The number of phosphoric acid groups is 1. The first-order chi connectivity index (χ1) is 25.2. The van der Waals surface area contributed by atoms with Gasteiger partial charge in [0.1, 0.15) is 12.7 Å². The van der Waals surface area contributed by atoms with E-state index in [-0.39, 0.29) is 19.4 Å². The number of carbonyl (C=O) groups excluding carboxylic acids is 2. The number of esters is 2. The number of rotatable bonds is 40. The van der Waals surface area contributed by atoms with Crippen LogP contribution in [-0.2, 0) is 32.7 Å². The van der Waals surface area contributed by atoms with Gasteiger partial charge in [0.15, 0.2) is 6.10 Å². The standard InChI is InChI=1S/C41H79O10P/c1-3-5-7-9-11-13-15-17-18-19-20-21-23-25-27-29-31-33-41(45)51-39(37-50-52(46,47)49-35-38(43)34-42)36-48-40(44)32-30-28-26-24-22-16-14-12-10-8-6-4-2/h12,14,38-39,42-43H,3-11,13,15-37H2,1-2H3,(H,46,47)/b14-12-/t38-,39+/m0/s1. The second kappa shape index (κ2) is 38.0. The fourth-order valence-electron chi connectivity index (χ4n) is 5.87. The van der Waals surface area contributed by atoms with E-state index >= 15 is 0 Å². The molecule has 0 aliphatic rings. The monoisotopic (exact) mass is 763 g/mol. The Morgan fingerprint density at radius 1 is 0.558 bits per heavy atom. The maximum Gasteiger partial charge on any atom is 0.472 e. The molecule has 0 heterocycles. The van der Waals surface area contributed by atoms with E-state index in [1.165, 1.54) is 103 Å². The lowest BCUT2D eigenvalue weighted by molar-refractivity contribution is -0.161. The highest BCUT2D eigenvalue weighted by Gasteiger charge is 2.27. The zero-order chi connectivity index (χ0) is 38.4. The second-order valence-corrected chi connectivity index (χ2v) is 15.8. The normalized spacial score (nSPS) is 14.0. The molecular weight excluding hydrogens is 683 g/mol. The summed E-state index contributed by atoms with van der Waals surface area (Å²) in [5, 5.41) is 18.3. The van der Waals surface area contributed by atoms with Crippen LogP contribution in [0.25, 0.3) is 0 Å². The van der Waals surface area contributed by atoms with Crippen molar-refractivity contribution in [3.8, 4) is 0 Å². The molecule has 0 aromatic rings. The summed E-state index contributed by atoms with van der Waals surface area (Å²) in [5.41, 5.74) is 0. The lowest BCUT2D eigenvalue weighted by Gasteiger charge is -2.20. The molecule has 0 bridgehead atoms. The van der Waals surface area contributed by atoms with Gasteiger partial charge in [-0.3, -0.25) is 18.6 Å². The lowest BCUT2D eigenvalue weighted by Crippen LogP contribution is -2.29. The van der Waals surface area contributed by atoms with Gasteiger partial charge >= 0.3 is 19.8 Å². The average Bonchev–Trinajstić information content (AvgIpc) is 3.13. The predicted octanol–water partition coefficient (Wildman–Crippen LogP) is 10.8. The van der Waals surface area contributed by atoms with Gasteiger partial charge in [-0.05, 0) is 38.5 Å². The van der Waals surface area contributed by atoms with Gasteiger partial charge < -0.3 is 24.6 Å². The number of ether oxygens (including phenoxy) is 2. The third-order valence-corrected chi connectivity index (χ3v) is 10.1. The van der Waals surface area contributed by atoms with E-state index in [1.807, 2.05) is 0 Å². The molecule has 0 saturated carbocycles. The quantitative estimate of drug-likeness (QED) is 0.0238. The van der Waals surface area contributed by atoms with Crippen molar-refractivity contribution in [1.82, 2.24) is 0 Å². The van der Waals surface area contributed by atoms with Gasteiger partial charge in [-0.2, -0.15) is 0 Å². The van der Waals surface area contributed by atoms with Gasteiger partial charge in [-0.25, -0.2) is 4.57 Å². The summed E-state index contributed by atoms with van der Waals surface area (Å²) in [6.07, 6.45) is 34.6. The molecule has 0 saturated heterocycles. The average molecular weight is 763 g/mol. The van der Waals surface area contributed by atoms with Crippen LogP contribution < -0.4 is 0 Å². The van der Waals surface area contributed by atoms with E-state index < -0.39 is 51.8 Å². The molecule has 0 amide bonds. The summed E-state index contributed by atoms with van der Waals surface area (Å²) >= 11 is 0. The van der Waals surface area contributed by atoms with Crippen LogP contribution in [0.5, 0.6) is 0 Å². The number of allylic oxidation sites excluding steroid dienone is 2. The second-order valence-electron chi connectivity index (χ2n) is 14.4. The van der Waals surface area contributed by atoms with Crippen LogP contribution in [0, 0.1) is 0 Å². The van der Waals surface area contributed by atoms with Crippen LogP contribution in [0.1, 0.15) is 200 Å². The van der Waals surface area contributed by atoms with E-state index in [0.29, 0.717) is 12.8 Å². The summed E-state index contributed by atoms with van der Waals surface area (Å²) in [6, 6.07) is 0. The molecule has 0 aromatic carbocycles. The van der Waals surface area contributed by atoms with Crippen LogP contribution in [0.3, 0.4) is 0 Å². The van der Waals surface area contributed by atoms with Gasteiger partial charge in [0.25, 0.3) is 0 Å². The van der Waals surface area contributed by atoms with Gasteiger partial charge in [0.2, 0.25) is 0 Å². The smallest absolute Gasteiger partial charge is 0.462 e. The lowest BCUT2D eigenvalue weighted by atomic mass is 10.0. The molecule has 0 spiro atoms. The Labute approximate surface area is 317 Å². The van der Waals surface area contributed by atoms with Crippen molar-refractivity contribution in [2.24, 2.45) is 0 Å². The highest BCUT2D eigenvalue weighted by molar-refractivity contribution is 7.47. The van der Waals surface area contributed by atoms with E-state index in [9.17, 15) is 24.2 Å². The topological polar surface area (TPSA) is 149 Å². The molecular formula is C41H79O10P. The molecule has 0 aliphatic heterocycles. The Morgan fingerprint density at radius 2 is 0.942 bits per heavy atom. The van der Waals surface area contributed by atoms with Gasteiger partial charge in [0, 0.05) is 12.8 Å². The molecule has 0 rings (SSSR count). The van der Waals surface area contributed by atoms with Gasteiger partial charge in [0.05, 0.1) is 19.8 Å². The molecule has 11 heteroatoms. The largest absolute Gasteiger partial charge is 0.472 e. The Hall–Kier alpha value is -1.29. The van der Waals surface area contributed by atoms with Crippen molar-refractivity contribution in [3.05, 3.63) is 12.2 Å². The predicted molar refractivity (Wildman–Crippen MR) is 210 cm³/mol. The molecule has 3 N–H and O–H groups in total. The van der Waals surface area contributed by atoms with Crippen LogP contribution in [0.15, 0.2) is 12.2 Å². The highest BCUT2D eigenvalue weighted by atomic mass is 31.2. The summed E-state index contributed by atoms with van der Waals surface area (Å²) < 4.78 is 32.7. The molecule has 0 aliphatic carbocycles. The van der Waals surface area contributed by atoms with E-state index in [4.69, 9.17) is 19.1 Å². The third kappa shape index (κ3) is 37.0. The Kier molecular flexibility index (Phi) is 37.1. The van der Waals surface area contributed by atoms with Gasteiger partial charge in [-0.1, -0.05) is 161 Å². The Bertz CT molecular complexity index is 884. The highest BCUT2D eigenvalue weighted by Crippen LogP contribution is 2.43. The number of aliphatic hydroxyl groups is 2. The molecule has 52 heavy (non-hydrogen) atoms. The number of carbonyl (C=O) groups is 2. The zero-order valence-electron chi connectivity index (χ0n) is 33.3. The van der Waals surface area contributed by atoms with Gasteiger partial charge in [-0.15, -0.1) is 0 Å². The first-order valence-corrected chi connectivity index (χ1v) is 22.6. The zero-order valence-corrected chi connectivity index (χ0v) is 34.2. The number of hydrogen-bond acceptors (Lipinski definition) is 9. The van der Waals surface area contributed by atoms with Crippen LogP contribution in [0.4, 0.5) is 0 Å². The number of unbranched alkanes of at least 4 members (excludes halogenated alkanes) is 24. The van der Waals surface area contributed by atoms with Crippen LogP contribution >= 0.6 is 7.82 Å². The van der Waals surface area contributed by atoms with Crippen molar-refractivity contribution >= 4 is 19.8 Å². The Morgan fingerprint density at radius 3 is 1.42 bits per heavy atom. The van der Waals surface area contributed by atoms with Crippen LogP contribution in [0.2, 0.25) is 0 Å². The number of hydrogen-bond donors (Lipinski definition) is 3. The minimum Gasteiger partial charge on any atom is -0.462 e. The van der Waals surface area contributed by atoms with E-state index in [2.05, 4.69) is 30.5 Å². The van der Waals surface area contributed by atoms with E-state index in [1.54, 1.807) is 0 Å². The first kappa shape index (κ1) is 50.7. The fraction of sp³-hybridized carbons (Fsp3) is 0.902. The number of phosphoric ester groups is 1. The minimum absolute atomic E-state index is 0.188. The first-order valence-electron chi connectivity index (χ1n) is 21.1. The van der Waals surface area contributed by atoms with Crippen LogP contribution in [-0.4, -0.2) is 65.7 Å². The maximum absolute atomic E-state index is 12.6. The van der Waals surface area contributed by atoms with Crippen molar-refractivity contribution in [3.63, 3.8) is 0 Å². The van der Waals surface area contributed by atoms with Crippen molar-refractivity contribution < 1.29 is 47.8 Å².